The lowest BCUT2D eigenvalue weighted by molar-refractivity contribution is 0.222. The number of hydrogen-bond acceptors (Lipinski definition) is 1. The van der Waals surface area contributed by atoms with E-state index in [1.807, 2.05) is 0 Å². The molecule has 0 aromatic carbocycles. The van der Waals surface area contributed by atoms with Gasteiger partial charge in [-0.05, 0) is 12.3 Å². The van der Waals surface area contributed by atoms with E-state index >= 15 is 0 Å². The van der Waals surface area contributed by atoms with Gasteiger partial charge in [-0.3, -0.25) is 0 Å². The highest BCUT2D eigenvalue weighted by Crippen LogP contribution is 2.39. The maximum Gasteiger partial charge on any atom is 0.0939 e. The van der Waals surface area contributed by atoms with Crippen LogP contribution in [0.2, 0.25) is 0 Å². The predicted molar refractivity (Wildman–Crippen MR) is 43.0 cm³/mol. The molecule has 1 aliphatic rings. The van der Waals surface area contributed by atoms with Crippen LogP contribution in [0.5, 0.6) is 0 Å². The predicted octanol–water partition coefficient (Wildman–Crippen LogP) is 2.60. The van der Waals surface area contributed by atoms with Gasteiger partial charge in [-0.2, -0.15) is 0 Å². The summed E-state index contributed by atoms with van der Waals surface area (Å²) in [6.07, 6.45) is 3.87. The molecular formula is C9H18O. The van der Waals surface area contributed by atoms with Gasteiger partial charge < -0.3 is 4.74 Å². The minimum atomic E-state index is 0.302. The number of hydrogen-bond donors (Lipinski definition) is 0. The van der Waals surface area contributed by atoms with Crippen molar-refractivity contribution in [1.29, 1.82) is 0 Å². The van der Waals surface area contributed by atoms with Crippen LogP contribution in [0.3, 0.4) is 0 Å². The number of rotatable bonds is 4. The standard InChI is InChI=1S/C9H18O/c1-4-5-6-9(7-10-9)8(2)3/h8H,4-7H2,1-3H3. The van der Waals surface area contributed by atoms with Crippen molar-refractivity contribution in [2.24, 2.45) is 5.92 Å². The third-order valence-electron chi connectivity index (χ3n) is 2.52. The average molecular weight is 142 g/mol. The highest BCUT2D eigenvalue weighted by Gasteiger charge is 2.46. The Kier molecular flexibility index (Phi) is 2.35. The van der Waals surface area contributed by atoms with Crippen molar-refractivity contribution in [1.82, 2.24) is 0 Å². The van der Waals surface area contributed by atoms with Crippen LogP contribution in [-0.4, -0.2) is 12.2 Å². The van der Waals surface area contributed by atoms with Gasteiger partial charge in [0.2, 0.25) is 0 Å². The van der Waals surface area contributed by atoms with E-state index in [2.05, 4.69) is 20.8 Å². The fourth-order valence-corrected chi connectivity index (χ4v) is 1.34. The van der Waals surface area contributed by atoms with Gasteiger partial charge in [0.05, 0.1) is 12.2 Å². The summed E-state index contributed by atoms with van der Waals surface area (Å²) < 4.78 is 5.46. The summed E-state index contributed by atoms with van der Waals surface area (Å²) in [5, 5.41) is 0. The second-order valence-corrected chi connectivity index (χ2v) is 3.61. The van der Waals surface area contributed by atoms with Gasteiger partial charge in [0.1, 0.15) is 0 Å². The Morgan fingerprint density at radius 1 is 1.50 bits per heavy atom. The molecule has 0 amide bonds. The number of unbranched alkanes of at least 4 members (excludes halogenated alkanes) is 1. The molecule has 0 aromatic rings. The van der Waals surface area contributed by atoms with E-state index in [4.69, 9.17) is 4.74 Å². The first kappa shape index (κ1) is 8.06. The molecule has 1 heterocycles. The van der Waals surface area contributed by atoms with Gasteiger partial charge in [-0.15, -0.1) is 0 Å². The molecule has 1 heteroatoms. The fourth-order valence-electron chi connectivity index (χ4n) is 1.34. The summed E-state index contributed by atoms with van der Waals surface area (Å²) in [7, 11) is 0. The van der Waals surface area contributed by atoms with Crippen LogP contribution in [0.15, 0.2) is 0 Å². The molecule has 1 saturated heterocycles. The second-order valence-electron chi connectivity index (χ2n) is 3.61. The lowest BCUT2D eigenvalue weighted by atomic mass is 9.91. The Labute approximate surface area is 63.8 Å². The van der Waals surface area contributed by atoms with Gasteiger partial charge >= 0.3 is 0 Å². The number of epoxide rings is 1. The Bertz CT molecular complexity index is 103. The van der Waals surface area contributed by atoms with Crippen molar-refractivity contribution in [3.8, 4) is 0 Å². The van der Waals surface area contributed by atoms with E-state index in [9.17, 15) is 0 Å². The zero-order valence-electron chi connectivity index (χ0n) is 7.31. The molecule has 1 unspecified atom stereocenters. The Morgan fingerprint density at radius 3 is 2.40 bits per heavy atom. The van der Waals surface area contributed by atoms with Gasteiger partial charge in [-0.25, -0.2) is 0 Å². The largest absolute Gasteiger partial charge is 0.369 e. The Morgan fingerprint density at radius 2 is 2.10 bits per heavy atom. The lowest BCUT2D eigenvalue weighted by Crippen LogP contribution is -2.18. The van der Waals surface area contributed by atoms with E-state index < -0.39 is 0 Å². The van der Waals surface area contributed by atoms with Crippen molar-refractivity contribution in [2.75, 3.05) is 6.61 Å². The van der Waals surface area contributed by atoms with Crippen molar-refractivity contribution in [2.45, 2.75) is 45.6 Å². The minimum absolute atomic E-state index is 0.302. The normalized spacial score (nSPS) is 31.2. The quantitative estimate of drug-likeness (QED) is 0.550. The van der Waals surface area contributed by atoms with Crippen molar-refractivity contribution in [3.05, 3.63) is 0 Å². The molecule has 0 aliphatic carbocycles. The SMILES string of the molecule is CCCCC1(C(C)C)CO1. The fraction of sp³-hybridized carbons (Fsp3) is 1.00. The highest BCUT2D eigenvalue weighted by molar-refractivity contribution is 4.94. The zero-order chi connectivity index (χ0) is 7.61. The topological polar surface area (TPSA) is 12.5 Å². The summed E-state index contributed by atoms with van der Waals surface area (Å²) in [5.41, 5.74) is 0.302. The second kappa shape index (κ2) is 2.91. The third-order valence-corrected chi connectivity index (χ3v) is 2.52. The molecule has 0 aromatic heterocycles. The summed E-state index contributed by atoms with van der Waals surface area (Å²) >= 11 is 0. The maximum atomic E-state index is 5.46. The van der Waals surface area contributed by atoms with Crippen molar-refractivity contribution in [3.63, 3.8) is 0 Å². The van der Waals surface area contributed by atoms with E-state index in [1.165, 1.54) is 19.3 Å². The van der Waals surface area contributed by atoms with Crippen LogP contribution in [-0.2, 0) is 4.74 Å². The molecule has 0 spiro atoms. The van der Waals surface area contributed by atoms with Crippen LogP contribution in [0.1, 0.15) is 40.0 Å². The van der Waals surface area contributed by atoms with Crippen LogP contribution >= 0.6 is 0 Å². The molecule has 0 radical (unpaired) electrons. The van der Waals surface area contributed by atoms with E-state index in [1.54, 1.807) is 0 Å². The molecule has 1 aliphatic heterocycles. The zero-order valence-corrected chi connectivity index (χ0v) is 7.31. The molecule has 60 valence electrons. The van der Waals surface area contributed by atoms with Gasteiger partial charge in [0, 0.05) is 0 Å². The molecule has 1 nitrogen and oxygen atoms in total. The van der Waals surface area contributed by atoms with Crippen LogP contribution < -0.4 is 0 Å². The van der Waals surface area contributed by atoms with Crippen LogP contribution in [0.25, 0.3) is 0 Å². The summed E-state index contributed by atoms with van der Waals surface area (Å²) in [6.45, 7) is 7.74. The van der Waals surface area contributed by atoms with Crippen LogP contribution in [0, 0.1) is 5.92 Å². The molecule has 1 atom stereocenters. The van der Waals surface area contributed by atoms with Gasteiger partial charge in [0.15, 0.2) is 0 Å². The van der Waals surface area contributed by atoms with Gasteiger partial charge in [-0.1, -0.05) is 33.6 Å². The lowest BCUT2D eigenvalue weighted by Gasteiger charge is -2.14. The monoisotopic (exact) mass is 142 g/mol. The molecular weight excluding hydrogens is 124 g/mol. The molecule has 0 bridgehead atoms. The summed E-state index contributed by atoms with van der Waals surface area (Å²) in [4.78, 5) is 0. The van der Waals surface area contributed by atoms with E-state index in [0.29, 0.717) is 11.5 Å². The minimum Gasteiger partial charge on any atom is -0.369 e. The van der Waals surface area contributed by atoms with Crippen LogP contribution in [0.4, 0.5) is 0 Å². The first-order valence-corrected chi connectivity index (χ1v) is 4.35. The Hall–Kier alpha value is -0.0400. The Balaban J connectivity index is 2.24. The molecule has 10 heavy (non-hydrogen) atoms. The number of ether oxygens (including phenoxy) is 1. The molecule has 1 rings (SSSR count). The van der Waals surface area contributed by atoms with E-state index in [0.717, 1.165) is 6.61 Å². The van der Waals surface area contributed by atoms with Crippen molar-refractivity contribution < 1.29 is 4.74 Å². The third kappa shape index (κ3) is 1.51. The first-order chi connectivity index (χ1) is 4.71. The van der Waals surface area contributed by atoms with Crippen molar-refractivity contribution >= 4 is 0 Å². The maximum absolute atomic E-state index is 5.46. The molecule has 0 N–H and O–H groups in total. The first-order valence-electron chi connectivity index (χ1n) is 4.35. The van der Waals surface area contributed by atoms with E-state index in [-0.39, 0.29) is 0 Å². The van der Waals surface area contributed by atoms with Gasteiger partial charge in [0.25, 0.3) is 0 Å². The summed E-state index contributed by atoms with van der Waals surface area (Å²) in [5.74, 6) is 0.707. The summed E-state index contributed by atoms with van der Waals surface area (Å²) in [6, 6.07) is 0. The average Bonchev–Trinajstić information content (AvgIpc) is 2.64. The molecule has 1 fully saturated rings. The highest BCUT2D eigenvalue weighted by atomic mass is 16.6. The molecule has 0 saturated carbocycles. The smallest absolute Gasteiger partial charge is 0.0939 e.